The van der Waals surface area contributed by atoms with Gasteiger partial charge < -0.3 is 15.6 Å². The van der Waals surface area contributed by atoms with Crippen LogP contribution in [0.4, 0.5) is 5.69 Å². The van der Waals surface area contributed by atoms with Gasteiger partial charge in [-0.25, -0.2) is 4.98 Å². The van der Waals surface area contributed by atoms with Crippen molar-refractivity contribution in [3.63, 3.8) is 0 Å². The van der Waals surface area contributed by atoms with E-state index in [2.05, 4.69) is 20.8 Å². The molecule has 0 saturated carbocycles. The number of nitrogens with one attached hydrogen (secondary N) is 2. The summed E-state index contributed by atoms with van der Waals surface area (Å²) in [5.74, 6) is -0.639. The van der Waals surface area contributed by atoms with E-state index in [-0.39, 0.29) is 35.3 Å². The number of nitrogens with zero attached hydrogens (tertiary/aromatic N) is 3. The summed E-state index contributed by atoms with van der Waals surface area (Å²) in [6, 6.07) is 5.47. The Labute approximate surface area is 175 Å². The highest BCUT2D eigenvalue weighted by molar-refractivity contribution is 6.07. The van der Waals surface area contributed by atoms with Crippen LogP contribution in [-0.2, 0) is 16.0 Å². The number of anilines is 1. The van der Waals surface area contributed by atoms with Gasteiger partial charge in [-0.2, -0.15) is 0 Å². The number of benzene rings is 1. The minimum absolute atomic E-state index is 0.0778. The molecule has 1 aromatic carbocycles. The van der Waals surface area contributed by atoms with Gasteiger partial charge in [0.2, 0.25) is 11.8 Å². The summed E-state index contributed by atoms with van der Waals surface area (Å²) in [4.78, 5) is 53.9. The number of amides is 3. The van der Waals surface area contributed by atoms with Crippen molar-refractivity contribution >= 4 is 34.3 Å². The highest BCUT2D eigenvalue weighted by Gasteiger charge is 2.30. The van der Waals surface area contributed by atoms with Crippen molar-refractivity contribution in [3.8, 4) is 0 Å². The molecule has 11 nitrogen and oxygen atoms in total. The molecule has 160 valence electrons. The number of aryl methyl sites for hydroxylation is 1. The molecule has 0 spiro atoms. The molecule has 0 bridgehead atoms. The number of hydrogen-bond acceptors (Lipinski definition) is 8. The zero-order valence-electron chi connectivity index (χ0n) is 16.7. The highest BCUT2D eigenvalue weighted by Crippen LogP contribution is 2.24. The van der Waals surface area contributed by atoms with Crippen LogP contribution in [-0.4, -0.2) is 39.0 Å². The van der Waals surface area contributed by atoms with Crippen molar-refractivity contribution in [3.05, 3.63) is 51.9 Å². The van der Waals surface area contributed by atoms with Crippen molar-refractivity contribution < 1.29 is 18.9 Å². The second-order valence-electron chi connectivity index (χ2n) is 7.17. The van der Waals surface area contributed by atoms with E-state index in [9.17, 15) is 19.2 Å². The maximum Gasteiger partial charge on any atom is 0.277 e. The molecule has 1 atom stereocenters. The quantitative estimate of drug-likeness (QED) is 0.496. The van der Waals surface area contributed by atoms with Gasteiger partial charge in [0, 0.05) is 18.9 Å². The van der Waals surface area contributed by atoms with Crippen molar-refractivity contribution in [1.82, 2.24) is 20.0 Å². The summed E-state index contributed by atoms with van der Waals surface area (Å²) in [5.41, 5.74) is 5.72. The fourth-order valence-corrected chi connectivity index (χ4v) is 3.59. The number of aromatic nitrogens is 3. The Morgan fingerprint density at radius 1 is 1.35 bits per heavy atom. The Hall–Kier alpha value is -3.86. The van der Waals surface area contributed by atoms with Gasteiger partial charge in [-0.1, -0.05) is 11.2 Å². The first-order valence-electron chi connectivity index (χ1n) is 9.71. The Morgan fingerprint density at radius 2 is 2.16 bits per heavy atom. The third-order valence-electron chi connectivity index (χ3n) is 5.06. The maximum atomic E-state index is 13.2. The number of rotatable bonds is 5. The Bertz CT molecular complexity index is 1260. The van der Waals surface area contributed by atoms with Gasteiger partial charge in [0.05, 0.1) is 11.1 Å². The molecular weight excluding hydrogens is 404 g/mol. The van der Waals surface area contributed by atoms with E-state index in [0.29, 0.717) is 30.2 Å². The van der Waals surface area contributed by atoms with Crippen LogP contribution in [0.25, 0.3) is 10.9 Å². The molecule has 1 aliphatic heterocycles. The third kappa shape index (κ3) is 3.82. The molecule has 2 aromatic heterocycles. The van der Waals surface area contributed by atoms with Gasteiger partial charge in [0.1, 0.15) is 23.1 Å². The number of carbonyl (C=O) groups is 3. The summed E-state index contributed by atoms with van der Waals surface area (Å²) in [7, 11) is 0. The molecular formula is C20H20N6O5. The van der Waals surface area contributed by atoms with Crippen LogP contribution in [0.3, 0.4) is 0 Å². The van der Waals surface area contributed by atoms with Crippen molar-refractivity contribution in [1.29, 1.82) is 0 Å². The monoisotopic (exact) mass is 424 g/mol. The molecule has 3 heterocycles. The topological polar surface area (TPSA) is 162 Å². The second-order valence-corrected chi connectivity index (χ2v) is 7.17. The minimum Gasteiger partial charge on any atom is -0.361 e. The van der Waals surface area contributed by atoms with Gasteiger partial charge in [-0.15, -0.1) is 0 Å². The molecule has 4 rings (SSSR count). The summed E-state index contributed by atoms with van der Waals surface area (Å²) < 4.78 is 6.35. The Kier molecular flexibility index (Phi) is 5.34. The number of fused-ring (bicyclic) bond motifs is 1. The van der Waals surface area contributed by atoms with Crippen molar-refractivity contribution in [2.45, 2.75) is 32.2 Å². The minimum atomic E-state index is -0.823. The lowest BCUT2D eigenvalue weighted by atomic mass is 10.1. The second kappa shape index (κ2) is 8.11. The molecule has 1 aliphatic rings. The van der Waals surface area contributed by atoms with Gasteiger partial charge in [-0.05, 0) is 32.0 Å². The van der Waals surface area contributed by atoms with Crippen molar-refractivity contribution in [2.75, 3.05) is 11.9 Å². The lowest BCUT2D eigenvalue weighted by Crippen LogP contribution is -2.45. The molecule has 0 aliphatic carbocycles. The number of hydrogen-bond donors (Lipinski definition) is 3. The van der Waals surface area contributed by atoms with Crippen LogP contribution in [0.5, 0.6) is 0 Å². The van der Waals surface area contributed by atoms with E-state index in [1.807, 2.05) is 0 Å². The fraction of sp³-hybridized carbons (Fsp3) is 0.300. The average molecular weight is 424 g/mol. The largest absolute Gasteiger partial charge is 0.361 e. The summed E-state index contributed by atoms with van der Waals surface area (Å²) in [6.07, 6.45) is 0.807. The van der Waals surface area contributed by atoms with Crippen LogP contribution >= 0.6 is 0 Å². The van der Waals surface area contributed by atoms with Crippen LogP contribution in [0.15, 0.2) is 33.6 Å². The predicted octanol–water partition coefficient (Wildman–Crippen LogP) is 0.424. The van der Waals surface area contributed by atoms with Crippen LogP contribution in [0.2, 0.25) is 0 Å². The first-order valence-corrected chi connectivity index (χ1v) is 9.71. The highest BCUT2D eigenvalue weighted by atomic mass is 16.5. The molecule has 11 heteroatoms. The van der Waals surface area contributed by atoms with E-state index >= 15 is 0 Å². The molecule has 1 saturated heterocycles. The van der Waals surface area contributed by atoms with E-state index in [1.165, 1.54) is 10.6 Å². The van der Waals surface area contributed by atoms with Crippen LogP contribution in [0, 0.1) is 6.92 Å². The fourth-order valence-electron chi connectivity index (χ4n) is 3.59. The molecule has 3 aromatic rings. The normalized spacial score (nSPS) is 16.4. The van der Waals surface area contributed by atoms with Gasteiger partial charge >= 0.3 is 0 Å². The summed E-state index contributed by atoms with van der Waals surface area (Å²) in [5, 5.41) is 8.92. The van der Waals surface area contributed by atoms with Crippen LogP contribution < -0.4 is 21.9 Å². The summed E-state index contributed by atoms with van der Waals surface area (Å²) in [6.45, 7) is 1.96. The SMILES string of the molecule is Cc1nc2c(NC(=O)c3cc(CCN)on3)cccc2c(=O)n1C1CCC(=O)NC1=O. The Morgan fingerprint density at radius 3 is 2.90 bits per heavy atom. The Balaban J connectivity index is 1.70. The first-order chi connectivity index (χ1) is 14.9. The number of para-hydroxylation sites is 1. The average Bonchev–Trinajstić information content (AvgIpc) is 3.19. The lowest BCUT2D eigenvalue weighted by molar-refractivity contribution is -0.135. The molecule has 4 N–H and O–H groups in total. The predicted molar refractivity (Wildman–Crippen MR) is 109 cm³/mol. The number of carbonyl (C=O) groups excluding carboxylic acids is 3. The van der Waals surface area contributed by atoms with Gasteiger partial charge in [0.25, 0.3) is 11.5 Å². The van der Waals surface area contributed by atoms with Crippen LogP contribution in [0.1, 0.15) is 41.0 Å². The molecule has 3 amide bonds. The molecule has 0 radical (unpaired) electrons. The number of imide groups is 1. The lowest BCUT2D eigenvalue weighted by Gasteiger charge is -2.24. The van der Waals surface area contributed by atoms with E-state index in [0.717, 1.165) is 0 Å². The van der Waals surface area contributed by atoms with Gasteiger partial charge in [-0.3, -0.25) is 29.1 Å². The van der Waals surface area contributed by atoms with E-state index < -0.39 is 23.4 Å². The smallest absolute Gasteiger partial charge is 0.277 e. The third-order valence-corrected chi connectivity index (χ3v) is 5.06. The first kappa shape index (κ1) is 20.4. The molecule has 1 unspecified atom stereocenters. The van der Waals surface area contributed by atoms with Gasteiger partial charge in [0.15, 0.2) is 5.69 Å². The maximum absolute atomic E-state index is 13.2. The summed E-state index contributed by atoms with van der Waals surface area (Å²) >= 11 is 0. The zero-order chi connectivity index (χ0) is 22.1. The van der Waals surface area contributed by atoms with E-state index in [1.54, 1.807) is 25.1 Å². The molecule has 1 fully saturated rings. The number of piperidine rings is 1. The zero-order valence-corrected chi connectivity index (χ0v) is 16.7. The van der Waals surface area contributed by atoms with Crippen molar-refractivity contribution in [2.24, 2.45) is 5.73 Å². The van der Waals surface area contributed by atoms with E-state index in [4.69, 9.17) is 10.3 Å². The number of nitrogens with two attached hydrogens (primary N) is 1. The standard InChI is InChI=1S/C20H20N6O5/c1-10-22-17-12(20(30)26(10)15-5-6-16(27)24-19(15)29)3-2-4-13(17)23-18(28)14-9-11(7-8-21)31-25-14/h2-4,9,15H,5-8,21H2,1H3,(H,23,28)(H,24,27,29). The molecule has 31 heavy (non-hydrogen) atoms.